The highest BCUT2D eigenvalue weighted by molar-refractivity contribution is 5.64. The Labute approximate surface area is 124 Å². The molecule has 2 rings (SSSR count). The lowest BCUT2D eigenvalue weighted by molar-refractivity contribution is 0.972. The zero-order chi connectivity index (χ0) is 15.2. The van der Waals surface area contributed by atoms with E-state index in [-0.39, 0.29) is 0 Å². The van der Waals surface area contributed by atoms with Gasteiger partial charge in [0.15, 0.2) is 0 Å². The Balaban J connectivity index is 2.03. The molecule has 110 valence electrons. The van der Waals surface area contributed by atoms with Crippen molar-refractivity contribution in [2.45, 2.75) is 20.8 Å². The molecule has 0 saturated carbocycles. The second kappa shape index (κ2) is 6.78. The molecule has 0 aromatic carbocycles. The maximum Gasteiger partial charge on any atom is 0.227 e. The van der Waals surface area contributed by atoms with Gasteiger partial charge in [-0.3, -0.25) is 4.98 Å². The van der Waals surface area contributed by atoms with Crippen molar-refractivity contribution in [3.05, 3.63) is 41.5 Å². The molecule has 0 atom stereocenters. The van der Waals surface area contributed by atoms with Crippen molar-refractivity contribution >= 4 is 17.5 Å². The van der Waals surface area contributed by atoms with Crippen molar-refractivity contribution in [2.75, 3.05) is 24.2 Å². The van der Waals surface area contributed by atoms with E-state index in [1.54, 1.807) is 7.05 Å². The number of anilines is 2. The maximum atomic E-state index is 4.25. The SMILES string of the molecule is CNc1nc(C)nc(NCC=C(C)c2ccnc(C)c2)n1. The van der Waals surface area contributed by atoms with Gasteiger partial charge in [0, 0.05) is 25.5 Å². The van der Waals surface area contributed by atoms with E-state index in [2.05, 4.69) is 49.6 Å². The summed E-state index contributed by atoms with van der Waals surface area (Å²) in [6.07, 6.45) is 3.93. The monoisotopic (exact) mass is 284 g/mol. The number of aryl methyl sites for hydroxylation is 2. The molecule has 2 N–H and O–H groups in total. The lowest BCUT2D eigenvalue weighted by atomic mass is 10.1. The van der Waals surface area contributed by atoms with Gasteiger partial charge in [0.25, 0.3) is 0 Å². The van der Waals surface area contributed by atoms with Crippen LogP contribution in [0.4, 0.5) is 11.9 Å². The lowest BCUT2D eigenvalue weighted by Gasteiger charge is -2.06. The fraction of sp³-hybridized carbons (Fsp3) is 0.333. The number of nitrogens with zero attached hydrogens (tertiary/aromatic N) is 4. The third kappa shape index (κ3) is 4.24. The Morgan fingerprint density at radius 1 is 1.19 bits per heavy atom. The molecule has 0 unspecified atom stereocenters. The van der Waals surface area contributed by atoms with Crippen LogP contribution in [-0.2, 0) is 0 Å². The van der Waals surface area contributed by atoms with E-state index in [0.717, 1.165) is 5.69 Å². The molecule has 0 fully saturated rings. The molecule has 21 heavy (non-hydrogen) atoms. The van der Waals surface area contributed by atoms with E-state index in [1.165, 1.54) is 11.1 Å². The fourth-order valence-corrected chi connectivity index (χ4v) is 1.88. The standard InChI is InChI=1S/C15H20N6/c1-10(13-6-8-17-11(2)9-13)5-7-18-15-20-12(3)19-14(16-4)21-15/h5-6,8-9H,7H2,1-4H3,(H2,16,18,19,20,21). The number of nitrogens with one attached hydrogen (secondary N) is 2. The molecule has 0 amide bonds. The summed E-state index contributed by atoms with van der Waals surface area (Å²) in [5, 5.41) is 6.10. The van der Waals surface area contributed by atoms with Crippen molar-refractivity contribution in [3.63, 3.8) is 0 Å². The Bertz CT molecular complexity index is 650. The van der Waals surface area contributed by atoms with Crippen molar-refractivity contribution in [1.82, 2.24) is 19.9 Å². The quantitative estimate of drug-likeness (QED) is 0.878. The van der Waals surface area contributed by atoms with Crippen LogP contribution in [0, 0.1) is 13.8 Å². The predicted octanol–water partition coefficient (Wildman–Crippen LogP) is 2.44. The van der Waals surface area contributed by atoms with Crippen LogP contribution in [0.1, 0.15) is 24.0 Å². The minimum atomic E-state index is 0.565. The Morgan fingerprint density at radius 3 is 2.67 bits per heavy atom. The van der Waals surface area contributed by atoms with Crippen molar-refractivity contribution in [1.29, 1.82) is 0 Å². The summed E-state index contributed by atoms with van der Waals surface area (Å²) in [7, 11) is 1.79. The first-order chi connectivity index (χ1) is 10.1. The van der Waals surface area contributed by atoms with Gasteiger partial charge >= 0.3 is 0 Å². The van der Waals surface area contributed by atoms with Crippen LogP contribution < -0.4 is 10.6 Å². The molecule has 0 bridgehead atoms. The number of hydrogen-bond donors (Lipinski definition) is 2. The molecule has 0 spiro atoms. The van der Waals surface area contributed by atoms with Crippen LogP contribution >= 0.6 is 0 Å². The third-order valence-corrected chi connectivity index (χ3v) is 2.99. The average Bonchev–Trinajstić information content (AvgIpc) is 2.46. The minimum Gasteiger partial charge on any atom is -0.357 e. The summed E-state index contributed by atoms with van der Waals surface area (Å²) in [4.78, 5) is 16.9. The van der Waals surface area contributed by atoms with Gasteiger partial charge in [-0.15, -0.1) is 0 Å². The number of aromatic nitrogens is 4. The average molecular weight is 284 g/mol. The molecule has 0 saturated heterocycles. The van der Waals surface area contributed by atoms with Gasteiger partial charge < -0.3 is 10.6 Å². The van der Waals surface area contributed by atoms with Gasteiger partial charge in [0.2, 0.25) is 11.9 Å². The van der Waals surface area contributed by atoms with Gasteiger partial charge in [-0.1, -0.05) is 6.08 Å². The van der Waals surface area contributed by atoms with Crippen LogP contribution in [0.2, 0.25) is 0 Å². The van der Waals surface area contributed by atoms with E-state index < -0.39 is 0 Å². The Hall–Kier alpha value is -2.50. The van der Waals surface area contributed by atoms with Crippen molar-refractivity contribution < 1.29 is 0 Å². The smallest absolute Gasteiger partial charge is 0.227 e. The van der Waals surface area contributed by atoms with E-state index in [1.807, 2.05) is 26.1 Å². The van der Waals surface area contributed by atoms with E-state index in [4.69, 9.17) is 0 Å². The Kier molecular flexibility index (Phi) is 4.81. The van der Waals surface area contributed by atoms with Crippen LogP contribution in [0.3, 0.4) is 0 Å². The summed E-state index contributed by atoms with van der Waals surface area (Å²) in [5.41, 5.74) is 3.37. The molecule has 0 aliphatic rings. The van der Waals surface area contributed by atoms with Crippen molar-refractivity contribution in [2.24, 2.45) is 0 Å². The lowest BCUT2D eigenvalue weighted by Crippen LogP contribution is -2.08. The molecule has 2 heterocycles. The number of hydrogen-bond acceptors (Lipinski definition) is 6. The Morgan fingerprint density at radius 2 is 1.95 bits per heavy atom. The van der Waals surface area contributed by atoms with Crippen LogP contribution in [0.25, 0.3) is 5.57 Å². The van der Waals surface area contributed by atoms with Crippen LogP contribution in [0.15, 0.2) is 24.4 Å². The normalized spacial score (nSPS) is 11.3. The molecule has 0 aliphatic heterocycles. The molecule has 0 radical (unpaired) electrons. The highest BCUT2D eigenvalue weighted by Gasteiger charge is 2.01. The van der Waals surface area contributed by atoms with Crippen LogP contribution in [0.5, 0.6) is 0 Å². The summed E-state index contributed by atoms with van der Waals surface area (Å²) >= 11 is 0. The molecule has 6 heteroatoms. The third-order valence-electron chi connectivity index (χ3n) is 2.99. The zero-order valence-electron chi connectivity index (χ0n) is 12.8. The fourth-order valence-electron chi connectivity index (χ4n) is 1.88. The number of allylic oxidation sites excluding steroid dienone is 1. The molecule has 6 nitrogen and oxygen atoms in total. The minimum absolute atomic E-state index is 0.565. The first-order valence-corrected chi connectivity index (χ1v) is 6.82. The van der Waals surface area contributed by atoms with Gasteiger partial charge in [0.1, 0.15) is 5.82 Å². The van der Waals surface area contributed by atoms with E-state index in [0.29, 0.717) is 24.3 Å². The first-order valence-electron chi connectivity index (χ1n) is 6.82. The topological polar surface area (TPSA) is 75.6 Å². The van der Waals surface area contributed by atoms with E-state index in [9.17, 15) is 0 Å². The summed E-state index contributed by atoms with van der Waals surface area (Å²) in [5.74, 6) is 1.82. The van der Waals surface area contributed by atoms with Crippen molar-refractivity contribution in [3.8, 4) is 0 Å². The highest BCUT2D eigenvalue weighted by Crippen LogP contribution is 2.13. The summed E-state index contributed by atoms with van der Waals surface area (Å²) < 4.78 is 0. The molecule has 2 aromatic rings. The maximum absolute atomic E-state index is 4.25. The second-order valence-electron chi connectivity index (χ2n) is 4.73. The number of pyridine rings is 1. The number of rotatable bonds is 5. The molecular formula is C15H20N6. The molecule has 0 aliphatic carbocycles. The first kappa shape index (κ1) is 14.9. The second-order valence-corrected chi connectivity index (χ2v) is 4.73. The molecular weight excluding hydrogens is 264 g/mol. The van der Waals surface area contributed by atoms with Gasteiger partial charge in [0.05, 0.1) is 0 Å². The predicted molar refractivity (Wildman–Crippen MR) is 85.2 cm³/mol. The van der Waals surface area contributed by atoms with E-state index >= 15 is 0 Å². The summed E-state index contributed by atoms with van der Waals surface area (Å²) in [6, 6.07) is 4.07. The highest BCUT2D eigenvalue weighted by atomic mass is 15.2. The van der Waals surface area contributed by atoms with Gasteiger partial charge in [-0.25, -0.2) is 0 Å². The zero-order valence-corrected chi connectivity index (χ0v) is 12.8. The van der Waals surface area contributed by atoms with Gasteiger partial charge in [-0.2, -0.15) is 15.0 Å². The van der Waals surface area contributed by atoms with Gasteiger partial charge in [-0.05, 0) is 44.0 Å². The summed E-state index contributed by atoms with van der Waals surface area (Å²) in [6.45, 7) is 6.56. The van der Waals surface area contributed by atoms with Crippen LogP contribution in [-0.4, -0.2) is 33.5 Å². The molecule has 2 aromatic heterocycles. The largest absolute Gasteiger partial charge is 0.357 e.